The van der Waals surface area contributed by atoms with Crippen LogP contribution in [0, 0.1) is 0 Å². The zero-order valence-corrected chi connectivity index (χ0v) is 11.6. The summed E-state index contributed by atoms with van der Waals surface area (Å²) in [6.07, 6.45) is 5.26. The van der Waals surface area contributed by atoms with E-state index >= 15 is 0 Å². The molecule has 1 unspecified atom stereocenters. The fourth-order valence-corrected chi connectivity index (χ4v) is 3.14. The predicted molar refractivity (Wildman–Crippen MR) is 79.0 cm³/mol. The number of rotatable bonds is 6. The highest BCUT2D eigenvalue weighted by atomic mass is 15.2. The third-order valence-electron chi connectivity index (χ3n) is 4.45. The van der Waals surface area contributed by atoms with Crippen molar-refractivity contribution in [3.8, 4) is 0 Å². The molecule has 1 aliphatic heterocycles. The molecule has 1 aliphatic carbocycles. The molecule has 0 spiro atoms. The second-order valence-electron chi connectivity index (χ2n) is 5.89. The minimum Gasteiger partial charge on any atom is -0.326 e. The molecule has 104 valence electrons. The molecule has 2 fully saturated rings. The Morgan fingerprint density at radius 1 is 1.16 bits per heavy atom. The van der Waals surface area contributed by atoms with Crippen molar-refractivity contribution in [1.82, 2.24) is 10.2 Å². The van der Waals surface area contributed by atoms with Crippen molar-refractivity contribution < 1.29 is 0 Å². The minimum absolute atomic E-state index is 0.648. The van der Waals surface area contributed by atoms with E-state index in [1.807, 2.05) is 0 Å². The van der Waals surface area contributed by atoms with E-state index in [2.05, 4.69) is 34.5 Å². The molecule has 19 heavy (non-hydrogen) atoms. The number of nitrogens with two attached hydrogens (primary N) is 1. The van der Waals surface area contributed by atoms with E-state index in [1.54, 1.807) is 0 Å². The number of likely N-dealkylation sites (tertiary alicyclic amines) is 1. The summed E-state index contributed by atoms with van der Waals surface area (Å²) in [5.74, 6) is 0. The van der Waals surface area contributed by atoms with E-state index in [1.165, 1.54) is 43.5 Å². The van der Waals surface area contributed by atoms with E-state index in [0.717, 1.165) is 19.0 Å². The summed E-state index contributed by atoms with van der Waals surface area (Å²) in [6.45, 7) is 4.26. The van der Waals surface area contributed by atoms with Crippen LogP contribution < -0.4 is 11.1 Å². The molecule has 1 aromatic rings. The average Bonchev–Trinajstić information content (AvgIpc) is 3.19. The Morgan fingerprint density at radius 3 is 2.68 bits per heavy atom. The van der Waals surface area contributed by atoms with Gasteiger partial charge in [-0.3, -0.25) is 4.90 Å². The standard InChI is InChI=1S/C16H25N3/c17-11-14-4-2-1-3-13(14)7-9-18-15-8-10-19(12-15)16-5-6-16/h1-4,15-16,18H,5-12,17H2. The van der Waals surface area contributed by atoms with Crippen LogP contribution in [-0.2, 0) is 13.0 Å². The molecule has 0 aromatic heterocycles. The SMILES string of the molecule is NCc1ccccc1CCNC1CCN(C2CC2)C1. The Hall–Kier alpha value is -0.900. The van der Waals surface area contributed by atoms with Crippen LogP contribution in [0.15, 0.2) is 24.3 Å². The molecule has 1 saturated heterocycles. The van der Waals surface area contributed by atoms with Gasteiger partial charge in [0.2, 0.25) is 0 Å². The third-order valence-corrected chi connectivity index (χ3v) is 4.45. The lowest BCUT2D eigenvalue weighted by molar-refractivity contribution is 0.318. The van der Waals surface area contributed by atoms with E-state index in [4.69, 9.17) is 5.73 Å². The van der Waals surface area contributed by atoms with Crippen molar-refractivity contribution in [2.45, 2.75) is 44.3 Å². The zero-order chi connectivity index (χ0) is 13.1. The van der Waals surface area contributed by atoms with Crippen molar-refractivity contribution >= 4 is 0 Å². The molecule has 3 nitrogen and oxygen atoms in total. The highest BCUT2D eigenvalue weighted by molar-refractivity contribution is 5.27. The summed E-state index contributed by atoms with van der Waals surface area (Å²) in [5.41, 5.74) is 8.46. The van der Waals surface area contributed by atoms with Crippen molar-refractivity contribution in [1.29, 1.82) is 0 Å². The van der Waals surface area contributed by atoms with Crippen molar-refractivity contribution in [3.63, 3.8) is 0 Å². The molecule has 1 saturated carbocycles. The lowest BCUT2D eigenvalue weighted by atomic mass is 10.0. The van der Waals surface area contributed by atoms with Crippen molar-refractivity contribution in [2.24, 2.45) is 5.73 Å². The Labute approximate surface area is 116 Å². The van der Waals surface area contributed by atoms with Crippen LogP contribution in [-0.4, -0.2) is 36.6 Å². The minimum atomic E-state index is 0.648. The van der Waals surface area contributed by atoms with Gasteiger partial charge in [-0.15, -0.1) is 0 Å². The number of hydrogen-bond acceptors (Lipinski definition) is 3. The van der Waals surface area contributed by atoms with Gasteiger partial charge in [0.05, 0.1) is 0 Å². The number of nitrogens with one attached hydrogen (secondary N) is 1. The Bertz CT molecular complexity index is 414. The smallest absolute Gasteiger partial charge is 0.0207 e. The number of hydrogen-bond donors (Lipinski definition) is 2. The van der Waals surface area contributed by atoms with Gasteiger partial charge in [0.25, 0.3) is 0 Å². The molecule has 2 aliphatic rings. The molecular formula is C16H25N3. The molecule has 3 rings (SSSR count). The summed E-state index contributed by atoms with van der Waals surface area (Å²) in [4.78, 5) is 2.66. The molecule has 0 bridgehead atoms. The topological polar surface area (TPSA) is 41.3 Å². The van der Waals surface area contributed by atoms with Crippen LogP contribution in [0.25, 0.3) is 0 Å². The van der Waals surface area contributed by atoms with Crippen LogP contribution in [0.1, 0.15) is 30.4 Å². The summed E-state index contributed by atoms with van der Waals surface area (Å²) in [5, 5.41) is 3.71. The third kappa shape index (κ3) is 3.35. The van der Waals surface area contributed by atoms with Gasteiger partial charge in [-0.25, -0.2) is 0 Å². The lowest BCUT2D eigenvalue weighted by Crippen LogP contribution is -2.34. The van der Waals surface area contributed by atoms with Crippen LogP contribution in [0.2, 0.25) is 0 Å². The first-order valence-corrected chi connectivity index (χ1v) is 7.61. The lowest BCUT2D eigenvalue weighted by Gasteiger charge is -2.16. The maximum Gasteiger partial charge on any atom is 0.0207 e. The van der Waals surface area contributed by atoms with Gasteiger partial charge in [-0.1, -0.05) is 24.3 Å². The van der Waals surface area contributed by atoms with Crippen molar-refractivity contribution in [2.75, 3.05) is 19.6 Å². The first kappa shape index (κ1) is 13.1. The Balaban J connectivity index is 1.43. The molecular weight excluding hydrogens is 234 g/mol. The van der Waals surface area contributed by atoms with Crippen LogP contribution in [0.4, 0.5) is 0 Å². The zero-order valence-electron chi connectivity index (χ0n) is 11.6. The monoisotopic (exact) mass is 259 g/mol. The summed E-state index contributed by atoms with van der Waals surface area (Å²) < 4.78 is 0. The van der Waals surface area contributed by atoms with Crippen LogP contribution >= 0.6 is 0 Å². The molecule has 1 aromatic carbocycles. The van der Waals surface area contributed by atoms with Gasteiger partial charge in [-0.2, -0.15) is 0 Å². The fourth-order valence-electron chi connectivity index (χ4n) is 3.14. The van der Waals surface area contributed by atoms with Crippen LogP contribution in [0.5, 0.6) is 0 Å². The quantitative estimate of drug-likeness (QED) is 0.814. The van der Waals surface area contributed by atoms with E-state index in [0.29, 0.717) is 12.6 Å². The fraction of sp³-hybridized carbons (Fsp3) is 0.625. The number of benzene rings is 1. The van der Waals surface area contributed by atoms with E-state index in [-0.39, 0.29) is 0 Å². The van der Waals surface area contributed by atoms with E-state index in [9.17, 15) is 0 Å². The van der Waals surface area contributed by atoms with Gasteiger partial charge in [-0.05, 0) is 43.4 Å². The van der Waals surface area contributed by atoms with Gasteiger partial charge in [0.15, 0.2) is 0 Å². The Kier molecular flexibility index (Phi) is 4.16. The first-order valence-electron chi connectivity index (χ1n) is 7.61. The molecule has 3 N–H and O–H groups in total. The highest BCUT2D eigenvalue weighted by Gasteiger charge is 2.33. The molecule has 0 amide bonds. The van der Waals surface area contributed by atoms with Gasteiger partial charge in [0, 0.05) is 31.7 Å². The largest absolute Gasteiger partial charge is 0.326 e. The summed E-state index contributed by atoms with van der Waals surface area (Å²) in [7, 11) is 0. The predicted octanol–water partition coefficient (Wildman–Crippen LogP) is 1.51. The van der Waals surface area contributed by atoms with Gasteiger partial charge >= 0.3 is 0 Å². The van der Waals surface area contributed by atoms with E-state index < -0.39 is 0 Å². The number of nitrogens with zero attached hydrogens (tertiary/aromatic N) is 1. The second kappa shape index (κ2) is 6.04. The summed E-state index contributed by atoms with van der Waals surface area (Å²) >= 11 is 0. The molecule has 1 heterocycles. The second-order valence-corrected chi connectivity index (χ2v) is 5.89. The molecule has 1 atom stereocenters. The average molecular weight is 259 g/mol. The summed E-state index contributed by atoms with van der Waals surface area (Å²) in [6, 6.07) is 10.1. The maximum absolute atomic E-state index is 5.78. The van der Waals surface area contributed by atoms with Crippen molar-refractivity contribution in [3.05, 3.63) is 35.4 Å². The van der Waals surface area contributed by atoms with Crippen LogP contribution in [0.3, 0.4) is 0 Å². The van der Waals surface area contributed by atoms with Gasteiger partial charge in [0.1, 0.15) is 0 Å². The highest BCUT2D eigenvalue weighted by Crippen LogP contribution is 2.29. The normalized spacial score (nSPS) is 23.9. The maximum atomic E-state index is 5.78. The first-order chi connectivity index (χ1) is 9.36. The van der Waals surface area contributed by atoms with Gasteiger partial charge < -0.3 is 11.1 Å². The Morgan fingerprint density at radius 2 is 1.95 bits per heavy atom. The molecule has 3 heteroatoms. The molecule has 0 radical (unpaired) electrons.